The molecule has 5 heteroatoms. The minimum Gasteiger partial charge on any atom is -0.435 e. The first-order chi connectivity index (χ1) is 5.68. The van der Waals surface area contributed by atoms with Crippen LogP contribution in [-0.4, -0.2) is 19.5 Å². The van der Waals surface area contributed by atoms with Gasteiger partial charge in [0.05, 0.1) is 0 Å². The Kier molecular flexibility index (Phi) is 3.14. The molecule has 0 aliphatic rings. The summed E-state index contributed by atoms with van der Waals surface area (Å²) in [6.07, 6.45) is 2.81. The van der Waals surface area contributed by atoms with Crippen LogP contribution in [0.2, 0.25) is 0 Å². The van der Waals surface area contributed by atoms with E-state index in [1.807, 2.05) is 20.9 Å². The van der Waals surface area contributed by atoms with E-state index in [1.54, 1.807) is 4.57 Å². The molecule has 0 bridgehead atoms. The van der Waals surface area contributed by atoms with Gasteiger partial charge in [-0.05, 0) is 26.4 Å². The van der Waals surface area contributed by atoms with E-state index in [0.29, 0.717) is 0 Å². The van der Waals surface area contributed by atoms with Crippen LogP contribution in [0.15, 0.2) is 0 Å². The summed E-state index contributed by atoms with van der Waals surface area (Å²) in [4.78, 5) is 12.5. The van der Waals surface area contributed by atoms with Gasteiger partial charge in [0.15, 0.2) is 0 Å². The molecule has 0 unspecified atom stereocenters. The first kappa shape index (κ1) is 10.7. The van der Waals surface area contributed by atoms with Gasteiger partial charge >= 0.3 is 32.7 Å². The van der Waals surface area contributed by atoms with Gasteiger partial charge in [-0.2, -0.15) is 0 Å². The largest absolute Gasteiger partial charge is 3.00 e. The SMILES string of the molecule is Cc1nc(C)c2n[c-]n(C)c2n1.[Y+3]. The second-order valence-electron chi connectivity index (χ2n) is 2.80. The molecule has 2 aromatic rings. The molecular weight excluding hydrogens is 241 g/mol. The van der Waals surface area contributed by atoms with E-state index >= 15 is 0 Å². The first-order valence-electron chi connectivity index (χ1n) is 3.74. The quantitative estimate of drug-likeness (QED) is 0.649. The summed E-state index contributed by atoms with van der Waals surface area (Å²) in [5.74, 6) is 0.775. The average Bonchev–Trinajstić information content (AvgIpc) is 2.33. The van der Waals surface area contributed by atoms with Crippen molar-refractivity contribution < 1.29 is 32.7 Å². The molecule has 2 heterocycles. The molecule has 0 radical (unpaired) electrons. The van der Waals surface area contributed by atoms with Gasteiger partial charge in [0.25, 0.3) is 0 Å². The Morgan fingerprint density at radius 2 is 1.92 bits per heavy atom. The maximum absolute atomic E-state index is 4.25. The second kappa shape index (κ2) is 3.80. The van der Waals surface area contributed by atoms with Crippen LogP contribution in [0.25, 0.3) is 11.2 Å². The molecule has 13 heavy (non-hydrogen) atoms. The zero-order chi connectivity index (χ0) is 8.72. The molecule has 62 valence electrons. The molecule has 0 amide bonds. The maximum Gasteiger partial charge on any atom is 3.00 e. The fourth-order valence-corrected chi connectivity index (χ4v) is 1.23. The number of fused-ring (bicyclic) bond motifs is 1. The maximum atomic E-state index is 4.25. The summed E-state index contributed by atoms with van der Waals surface area (Å²) < 4.78 is 1.77. The molecule has 0 N–H and O–H groups in total. The number of rotatable bonds is 0. The van der Waals surface area contributed by atoms with Crippen LogP contribution in [0.4, 0.5) is 0 Å². The third-order valence-corrected chi connectivity index (χ3v) is 1.78. The summed E-state index contributed by atoms with van der Waals surface area (Å²) in [6.45, 7) is 3.80. The third-order valence-electron chi connectivity index (χ3n) is 1.78. The Bertz CT molecular complexity index is 435. The molecule has 2 rings (SSSR count). The van der Waals surface area contributed by atoms with Crippen molar-refractivity contribution in [2.75, 3.05) is 0 Å². The Hall–Kier alpha value is -0.346. The number of hydrogen-bond donors (Lipinski definition) is 0. The van der Waals surface area contributed by atoms with Crippen molar-refractivity contribution in [1.82, 2.24) is 19.5 Å². The Morgan fingerprint density at radius 1 is 1.23 bits per heavy atom. The van der Waals surface area contributed by atoms with Gasteiger partial charge in [0.2, 0.25) is 0 Å². The van der Waals surface area contributed by atoms with Crippen molar-refractivity contribution in [2.24, 2.45) is 7.05 Å². The summed E-state index contributed by atoms with van der Waals surface area (Å²) in [7, 11) is 1.88. The van der Waals surface area contributed by atoms with Gasteiger partial charge in [-0.25, -0.2) is 0 Å². The van der Waals surface area contributed by atoms with Gasteiger partial charge in [-0.15, -0.1) is 0 Å². The molecule has 0 aromatic carbocycles. The van der Waals surface area contributed by atoms with Crippen molar-refractivity contribution in [1.29, 1.82) is 0 Å². The molecule has 0 saturated carbocycles. The Balaban J connectivity index is 0.000000845. The zero-order valence-corrected chi connectivity index (χ0v) is 10.7. The fraction of sp³-hybridized carbons (Fsp3) is 0.375. The van der Waals surface area contributed by atoms with Crippen molar-refractivity contribution in [3.05, 3.63) is 17.8 Å². The summed E-state index contributed by atoms with van der Waals surface area (Å²) >= 11 is 0. The molecule has 0 atom stereocenters. The monoisotopic (exact) mass is 250 g/mol. The smallest absolute Gasteiger partial charge is 0.435 e. The van der Waals surface area contributed by atoms with Crippen molar-refractivity contribution >= 4 is 11.2 Å². The van der Waals surface area contributed by atoms with Gasteiger partial charge in [-0.1, -0.05) is 0 Å². The van der Waals surface area contributed by atoms with Crippen molar-refractivity contribution in [2.45, 2.75) is 13.8 Å². The second-order valence-corrected chi connectivity index (χ2v) is 2.80. The molecule has 0 fully saturated rings. The van der Waals surface area contributed by atoms with Gasteiger partial charge in [0.1, 0.15) is 5.82 Å². The minimum atomic E-state index is 0. The molecule has 0 aliphatic heterocycles. The molecule has 0 saturated heterocycles. The van der Waals surface area contributed by atoms with E-state index in [4.69, 9.17) is 0 Å². The number of imidazole rings is 1. The number of nitrogens with zero attached hydrogens (tertiary/aromatic N) is 4. The Labute approximate surface area is 102 Å². The van der Waals surface area contributed by atoms with Crippen LogP contribution >= 0.6 is 0 Å². The predicted octanol–water partition coefficient (Wildman–Crippen LogP) is 0.778. The van der Waals surface area contributed by atoms with Crippen LogP contribution in [0.1, 0.15) is 11.5 Å². The molecular formula is C8H9N4Y+2. The van der Waals surface area contributed by atoms with Crippen LogP contribution in [0, 0.1) is 20.2 Å². The van der Waals surface area contributed by atoms with E-state index in [1.165, 1.54) is 0 Å². The van der Waals surface area contributed by atoms with E-state index in [2.05, 4.69) is 21.3 Å². The molecule has 2 aromatic heterocycles. The third kappa shape index (κ3) is 1.79. The molecule has 0 aliphatic carbocycles. The normalized spacial score (nSPS) is 10.1. The average molecular weight is 250 g/mol. The van der Waals surface area contributed by atoms with Gasteiger partial charge in [-0.3, -0.25) is 9.97 Å². The zero-order valence-electron chi connectivity index (χ0n) is 7.87. The van der Waals surface area contributed by atoms with E-state index in [0.717, 1.165) is 22.7 Å². The standard InChI is InChI=1S/C8H9N4.Y/c1-5-7-8(11-6(2)10-5)12(3)4-9-7;/h1-3H3;/q-1;+3. The number of aryl methyl sites for hydroxylation is 3. The summed E-state index contributed by atoms with van der Waals surface area (Å²) in [5.41, 5.74) is 2.59. The summed E-state index contributed by atoms with van der Waals surface area (Å²) in [6, 6.07) is 0. The van der Waals surface area contributed by atoms with Gasteiger partial charge < -0.3 is 9.55 Å². The minimum absolute atomic E-state index is 0. The molecule has 0 spiro atoms. The topological polar surface area (TPSA) is 43.6 Å². The molecule has 4 nitrogen and oxygen atoms in total. The van der Waals surface area contributed by atoms with Crippen LogP contribution in [0.3, 0.4) is 0 Å². The fourth-order valence-electron chi connectivity index (χ4n) is 1.23. The van der Waals surface area contributed by atoms with Crippen molar-refractivity contribution in [3.63, 3.8) is 0 Å². The van der Waals surface area contributed by atoms with E-state index in [9.17, 15) is 0 Å². The van der Waals surface area contributed by atoms with E-state index < -0.39 is 0 Å². The van der Waals surface area contributed by atoms with Crippen LogP contribution in [-0.2, 0) is 39.8 Å². The first-order valence-corrected chi connectivity index (χ1v) is 3.74. The summed E-state index contributed by atoms with van der Waals surface area (Å²) in [5, 5.41) is 0. The predicted molar refractivity (Wildman–Crippen MR) is 44.6 cm³/mol. The van der Waals surface area contributed by atoms with E-state index in [-0.39, 0.29) is 32.7 Å². The number of hydrogen-bond acceptors (Lipinski definition) is 3. The number of aromatic nitrogens is 4. The van der Waals surface area contributed by atoms with Gasteiger partial charge in [0, 0.05) is 17.7 Å². The van der Waals surface area contributed by atoms with Crippen molar-refractivity contribution in [3.8, 4) is 0 Å². The van der Waals surface area contributed by atoms with Crippen LogP contribution in [0.5, 0.6) is 0 Å². The van der Waals surface area contributed by atoms with Crippen LogP contribution < -0.4 is 0 Å². The Morgan fingerprint density at radius 3 is 2.62 bits per heavy atom.